The summed E-state index contributed by atoms with van der Waals surface area (Å²) in [4.78, 5) is 12.7. The monoisotopic (exact) mass is 384 g/mol. The number of ether oxygens (including phenoxy) is 1. The van der Waals surface area contributed by atoms with Crippen LogP contribution in [0.2, 0.25) is 0 Å². The SMILES string of the molecule is CNCc1cc[n+]2c(c1)-c1c(F)cc(F)cc1C21OC(=O)c2cc(C)n(C)[n+]21. The Kier molecular flexibility index (Phi) is 3.31. The summed E-state index contributed by atoms with van der Waals surface area (Å²) in [7, 11) is 3.60. The number of hydrogen-bond acceptors (Lipinski definition) is 3. The Morgan fingerprint density at radius 1 is 1.21 bits per heavy atom. The fraction of sp³-hybridized carbons (Fsp3) is 0.250. The third-order valence-corrected chi connectivity index (χ3v) is 5.50. The Morgan fingerprint density at radius 3 is 2.75 bits per heavy atom. The van der Waals surface area contributed by atoms with E-state index in [1.165, 1.54) is 6.07 Å². The number of fused-ring (bicyclic) bond motifs is 7. The minimum absolute atomic E-state index is 0.228. The zero-order chi connectivity index (χ0) is 19.8. The van der Waals surface area contributed by atoms with Crippen LogP contribution in [0.3, 0.4) is 0 Å². The summed E-state index contributed by atoms with van der Waals surface area (Å²) in [6.07, 6.45) is 1.75. The van der Waals surface area contributed by atoms with E-state index in [-0.39, 0.29) is 11.1 Å². The van der Waals surface area contributed by atoms with Gasteiger partial charge in [-0.1, -0.05) is 4.57 Å². The van der Waals surface area contributed by atoms with Crippen molar-refractivity contribution in [3.63, 3.8) is 0 Å². The van der Waals surface area contributed by atoms with Gasteiger partial charge in [0.1, 0.15) is 17.2 Å². The zero-order valence-corrected chi connectivity index (χ0v) is 15.6. The van der Waals surface area contributed by atoms with Crippen molar-refractivity contribution >= 4 is 5.97 Å². The first-order valence-corrected chi connectivity index (χ1v) is 8.90. The van der Waals surface area contributed by atoms with Gasteiger partial charge in [0.05, 0.1) is 12.7 Å². The van der Waals surface area contributed by atoms with Crippen molar-refractivity contribution in [1.82, 2.24) is 10.00 Å². The highest BCUT2D eigenvalue weighted by molar-refractivity contribution is 5.87. The average Bonchev–Trinajstić information content (AvgIpc) is 3.20. The molecule has 1 N–H and O–H groups in total. The van der Waals surface area contributed by atoms with Crippen LogP contribution in [0.1, 0.15) is 27.3 Å². The number of benzene rings is 1. The fourth-order valence-electron chi connectivity index (χ4n) is 4.26. The van der Waals surface area contributed by atoms with Gasteiger partial charge in [-0.3, -0.25) is 0 Å². The molecule has 8 heteroatoms. The molecule has 0 radical (unpaired) electrons. The summed E-state index contributed by atoms with van der Waals surface area (Å²) in [5.74, 6) is -3.48. The number of nitrogens with one attached hydrogen (secondary N) is 1. The number of halogens is 2. The molecule has 0 bridgehead atoms. The number of carbonyl (C=O) groups is 1. The fourth-order valence-corrected chi connectivity index (χ4v) is 4.26. The van der Waals surface area contributed by atoms with E-state index in [1.54, 1.807) is 33.2 Å². The molecule has 0 saturated carbocycles. The maximum Gasteiger partial charge on any atom is 0.579 e. The molecule has 0 amide bonds. The molecule has 6 nitrogen and oxygen atoms in total. The highest BCUT2D eigenvalue weighted by atomic mass is 19.1. The molecule has 2 aromatic heterocycles. The summed E-state index contributed by atoms with van der Waals surface area (Å²) in [6.45, 7) is 2.44. The molecule has 5 rings (SSSR count). The van der Waals surface area contributed by atoms with Crippen LogP contribution < -0.4 is 14.6 Å². The molecule has 1 unspecified atom stereocenters. The lowest BCUT2D eigenvalue weighted by Crippen LogP contribution is -2.74. The molecule has 3 aromatic rings. The Hall–Kier alpha value is -3.13. The molecule has 2 aliphatic heterocycles. The van der Waals surface area contributed by atoms with Gasteiger partial charge in [-0.05, 0) is 25.6 Å². The summed E-state index contributed by atoms with van der Waals surface area (Å²) >= 11 is 0. The predicted octanol–water partition coefficient (Wildman–Crippen LogP) is 1.26. The van der Waals surface area contributed by atoms with Crippen molar-refractivity contribution in [2.75, 3.05) is 7.05 Å². The van der Waals surface area contributed by atoms with Crippen LogP contribution in [0.5, 0.6) is 0 Å². The van der Waals surface area contributed by atoms with Gasteiger partial charge in [0.25, 0.3) is 0 Å². The smallest absolute Gasteiger partial charge is 0.329 e. The van der Waals surface area contributed by atoms with Crippen molar-refractivity contribution in [2.24, 2.45) is 7.05 Å². The van der Waals surface area contributed by atoms with Gasteiger partial charge in [-0.2, -0.15) is 4.68 Å². The second-order valence-electron chi connectivity index (χ2n) is 7.13. The van der Waals surface area contributed by atoms with Gasteiger partial charge < -0.3 is 10.1 Å². The summed E-state index contributed by atoms with van der Waals surface area (Å²) in [6, 6.07) is 7.49. The number of pyridine rings is 1. The zero-order valence-electron chi connectivity index (χ0n) is 15.6. The van der Waals surface area contributed by atoms with Crippen molar-refractivity contribution in [2.45, 2.75) is 19.3 Å². The van der Waals surface area contributed by atoms with E-state index in [2.05, 4.69) is 5.32 Å². The Morgan fingerprint density at radius 2 is 2.00 bits per heavy atom. The predicted molar refractivity (Wildman–Crippen MR) is 93.0 cm³/mol. The van der Waals surface area contributed by atoms with Gasteiger partial charge >= 0.3 is 17.5 Å². The molecule has 1 spiro atoms. The van der Waals surface area contributed by atoms with E-state index in [9.17, 15) is 13.6 Å². The number of carbonyl (C=O) groups excluding carboxylic acids is 1. The standard InChI is InChI=1S/C20H18F2N4O2/c1-11-6-17-19(27)28-20(26(17)24(11)3)14-8-13(21)9-15(22)18(14)16-7-12(10-23-2)4-5-25(16)20/h4-9,23H,10H2,1-3H3/q+2. The average molecular weight is 384 g/mol. The van der Waals surface area contributed by atoms with Gasteiger partial charge in [-0.15, -0.1) is 0 Å². The van der Waals surface area contributed by atoms with Crippen molar-refractivity contribution in [1.29, 1.82) is 0 Å². The van der Waals surface area contributed by atoms with E-state index < -0.39 is 23.5 Å². The molecule has 0 fully saturated rings. The Bertz CT molecular complexity index is 1190. The van der Waals surface area contributed by atoms with E-state index in [1.807, 2.05) is 26.1 Å². The number of nitrogens with zero attached hydrogens (tertiary/aromatic N) is 3. The lowest BCUT2D eigenvalue weighted by molar-refractivity contribution is -1.03. The molecule has 1 atom stereocenters. The van der Waals surface area contributed by atoms with Crippen LogP contribution in [0, 0.1) is 18.6 Å². The summed E-state index contributed by atoms with van der Waals surface area (Å²) in [5, 5.41) is 3.06. The second kappa shape index (κ2) is 5.45. The molecule has 0 saturated heterocycles. The van der Waals surface area contributed by atoms with Crippen molar-refractivity contribution in [3.8, 4) is 11.3 Å². The van der Waals surface area contributed by atoms with Crippen LogP contribution in [0.4, 0.5) is 8.78 Å². The molecular formula is C20H18F2N4O2+2. The van der Waals surface area contributed by atoms with Crippen LogP contribution in [0.25, 0.3) is 11.3 Å². The molecule has 2 aliphatic rings. The third-order valence-electron chi connectivity index (χ3n) is 5.50. The highest BCUT2D eigenvalue weighted by Gasteiger charge is 2.73. The molecule has 1 aromatic carbocycles. The normalized spacial score (nSPS) is 19.0. The first-order valence-electron chi connectivity index (χ1n) is 8.90. The van der Waals surface area contributed by atoms with E-state index in [0.717, 1.165) is 17.3 Å². The van der Waals surface area contributed by atoms with Gasteiger partial charge in [0, 0.05) is 35.5 Å². The summed E-state index contributed by atoms with van der Waals surface area (Å²) < 4.78 is 40.1. The minimum atomic E-state index is -1.51. The van der Waals surface area contributed by atoms with Crippen LogP contribution in [-0.4, -0.2) is 17.7 Å². The number of aromatic nitrogens is 3. The van der Waals surface area contributed by atoms with E-state index in [4.69, 9.17) is 4.74 Å². The molecule has 0 aliphatic carbocycles. The van der Waals surface area contributed by atoms with E-state index >= 15 is 0 Å². The number of hydrogen-bond donors (Lipinski definition) is 1. The Balaban J connectivity index is 1.92. The number of esters is 1. The van der Waals surface area contributed by atoms with Crippen molar-refractivity contribution < 1.29 is 27.6 Å². The van der Waals surface area contributed by atoms with Gasteiger partial charge in [-0.25, -0.2) is 13.6 Å². The minimum Gasteiger partial charge on any atom is -0.329 e. The first kappa shape index (κ1) is 17.0. The second-order valence-corrected chi connectivity index (χ2v) is 7.13. The molecule has 4 heterocycles. The van der Waals surface area contributed by atoms with E-state index in [0.29, 0.717) is 17.9 Å². The van der Waals surface area contributed by atoms with Crippen LogP contribution >= 0.6 is 0 Å². The topological polar surface area (TPSA) is 51.0 Å². The number of aryl methyl sites for hydroxylation is 1. The quantitative estimate of drug-likeness (QED) is 0.535. The third kappa shape index (κ3) is 1.90. The summed E-state index contributed by atoms with van der Waals surface area (Å²) in [5.41, 5.74) is 3.09. The van der Waals surface area contributed by atoms with Crippen LogP contribution in [0.15, 0.2) is 36.5 Å². The highest BCUT2D eigenvalue weighted by Crippen LogP contribution is 2.41. The molecule has 142 valence electrons. The van der Waals surface area contributed by atoms with Crippen molar-refractivity contribution in [3.05, 3.63) is 70.7 Å². The Labute approximate surface area is 159 Å². The lowest BCUT2D eigenvalue weighted by atomic mass is 10.0. The maximum atomic E-state index is 14.9. The van der Waals surface area contributed by atoms with Crippen LogP contribution in [-0.2, 0) is 24.2 Å². The molecular weight excluding hydrogens is 366 g/mol. The molecule has 28 heavy (non-hydrogen) atoms. The largest absolute Gasteiger partial charge is 0.579 e. The first-order chi connectivity index (χ1) is 13.4. The van der Waals surface area contributed by atoms with Gasteiger partial charge in [0.15, 0.2) is 11.8 Å². The maximum absolute atomic E-state index is 14.9. The lowest BCUT2D eigenvalue weighted by Gasteiger charge is -2.13. The van der Waals surface area contributed by atoms with Gasteiger partial charge in [0.2, 0.25) is 5.69 Å². The number of rotatable bonds is 2.